The van der Waals surface area contributed by atoms with Gasteiger partial charge in [-0.3, -0.25) is 0 Å². The fraction of sp³-hybridized carbons (Fsp3) is 1.00. The minimum Gasteiger partial charge on any atom is -0.377 e. The SMILES string of the molecule is CCB1N(CC)BNBN1CC. The molecule has 0 spiro atoms. The van der Waals surface area contributed by atoms with Crippen LogP contribution in [0.5, 0.6) is 0 Å². The molecule has 1 aliphatic rings. The van der Waals surface area contributed by atoms with Gasteiger partial charge in [-0.1, -0.05) is 20.8 Å². The van der Waals surface area contributed by atoms with Crippen molar-refractivity contribution in [2.24, 2.45) is 0 Å². The fourth-order valence-corrected chi connectivity index (χ4v) is 1.94. The van der Waals surface area contributed by atoms with Crippen molar-refractivity contribution in [1.29, 1.82) is 0 Å². The number of nitrogens with one attached hydrogen (secondary N) is 1. The zero-order valence-electron chi connectivity index (χ0n) is 8.51. The summed E-state index contributed by atoms with van der Waals surface area (Å²) >= 11 is 0. The smallest absolute Gasteiger partial charge is 0.289 e. The van der Waals surface area contributed by atoms with Crippen LogP contribution in [-0.4, -0.2) is 44.6 Å². The second-order valence-corrected chi connectivity index (χ2v) is 3.27. The normalized spacial score (nSPS) is 20.4. The van der Waals surface area contributed by atoms with Gasteiger partial charge in [0.2, 0.25) is 0 Å². The molecule has 0 aromatic heterocycles. The van der Waals surface area contributed by atoms with Gasteiger partial charge in [0.1, 0.15) is 0 Å². The van der Waals surface area contributed by atoms with Crippen molar-refractivity contribution < 1.29 is 0 Å². The first-order valence-corrected chi connectivity index (χ1v) is 5.02. The summed E-state index contributed by atoms with van der Waals surface area (Å²) in [5.74, 6) is 0. The van der Waals surface area contributed by atoms with E-state index in [2.05, 4.69) is 35.4 Å². The van der Waals surface area contributed by atoms with E-state index in [0.717, 1.165) is 28.2 Å². The van der Waals surface area contributed by atoms with Crippen LogP contribution in [-0.2, 0) is 0 Å². The van der Waals surface area contributed by atoms with Gasteiger partial charge in [-0.15, -0.1) is 0 Å². The van der Waals surface area contributed by atoms with Crippen molar-refractivity contribution in [2.45, 2.75) is 27.1 Å². The summed E-state index contributed by atoms with van der Waals surface area (Å²) in [7, 11) is 2.09. The van der Waals surface area contributed by atoms with Gasteiger partial charge >= 0.3 is 0 Å². The third-order valence-corrected chi connectivity index (χ3v) is 2.65. The average Bonchev–Trinajstić information content (AvgIpc) is 2.16. The van der Waals surface area contributed by atoms with E-state index in [9.17, 15) is 0 Å². The fourth-order valence-electron chi connectivity index (χ4n) is 1.94. The van der Waals surface area contributed by atoms with Crippen molar-refractivity contribution in [1.82, 2.24) is 14.6 Å². The number of rotatable bonds is 3. The standard InChI is InChI=1S/C6H18B3N3/c1-4-9-11(5-2)7-10-8-12(9)6-3/h7-8,10H,4-6H2,1-3H3. The maximum absolute atomic E-state index is 3.40. The van der Waals surface area contributed by atoms with Gasteiger partial charge < -0.3 is 14.6 Å². The molecule has 12 heavy (non-hydrogen) atoms. The highest BCUT2D eigenvalue weighted by molar-refractivity contribution is 6.74. The third-order valence-electron chi connectivity index (χ3n) is 2.65. The van der Waals surface area contributed by atoms with Crippen molar-refractivity contribution in [3.05, 3.63) is 0 Å². The topological polar surface area (TPSA) is 18.5 Å². The molecule has 0 radical (unpaired) electrons. The van der Waals surface area contributed by atoms with Gasteiger partial charge in [-0.05, 0) is 19.4 Å². The van der Waals surface area contributed by atoms with Crippen molar-refractivity contribution in [3.63, 3.8) is 0 Å². The molecule has 0 amide bonds. The Hall–Kier alpha value is 0.0748. The zero-order valence-corrected chi connectivity index (χ0v) is 8.51. The van der Waals surface area contributed by atoms with Gasteiger partial charge in [0.05, 0.1) is 0 Å². The van der Waals surface area contributed by atoms with E-state index in [1.165, 1.54) is 6.32 Å². The van der Waals surface area contributed by atoms with Crippen LogP contribution in [0, 0.1) is 0 Å². The van der Waals surface area contributed by atoms with E-state index in [4.69, 9.17) is 0 Å². The van der Waals surface area contributed by atoms with Crippen LogP contribution in [0.1, 0.15) is 20.8 Å². The van der Waals surface area contributed by atoms with E-state index in [0.29, 0.717) is 6.98 Å². The predicted octanol–water partition coefficient (Wildman–Crippen LogP) is -0.726. The minimum atomic E-state index is 0.654. The largest absolute Gasteiger partial charge is 0.377 e. The van der Waals surface area contributed by atoms with Crippen LogP contribution in [0.15, 0.2) is 0 Å². The lowest BCUT2D eigenvalue weighted by Crippen LogP contribution is -2.66. The monoisotopic (exact) mass is 165 g/mol. The first-order chi connectivity index (χ1) is 5.83. The van der Waals surface area contributed by atoms with Crippen LogP contribution in [0.25, 0.3) is 0 Å². The highest BCUT2D eigenvalue weighted by Gasteiger charge is 2.30. The van der Waals surface area contributed by atoms with Crippen LogP contribution in [0.4, 0.5) is 0 Å². The van der Waals surface area contributed by atoms with Gasteiger partial charge in [-0.25, -0.2) is 0 Å². The summed E-state index contributed by atoms with van der Waals surface area (Å²) in [5, 5.41) is 3.40. The maximum Gasteiger partial charge on any atom is 0.289 e. The first-order valence-electron chi connectivity index (χ1n) is 5.02. The molecule has 1 saturated heterocycles. The summed E-state index contributed by atoms with van der Waals surface area (Å²) in [6.07, 6.45) is 1.23. The molecule has 0 unspecified atom stereocenters. The minimum absolute atomic E-state index is 0.654. The highest BCUT2D eigenvalue weighted by atomic mass is 15.2. The lowest BCUT2D eigenvalue weighted by Gasteiger charge is -2.40. The Kier molecular flexibility index (Phi) is 4.19. The molecular formula is C6H18B3N3. The Bertz CT molecular complexity index is 123. The van der Waals surface area contributed by atoms with Gasteiger partial charge in [0.15, 0.2) is 0 Å². The number of nitrogens with zero attached hydrogens (tertiary/aromatic N) is 2. The van der Waals surface area contributed by atoms with Gasteiger partial charge in [0.25, 0.3) is 22.1 Å². The highest BCUT2D eigenvalue weighted by Crippen LogP contribution is 2.06. The van der Waals surface area contributed by atoms with Crippen molar-refractivity contribution in [3.8, 4) is 0 Å². The molecule has 1 aliphatic heterocycles. The summed E-state index contributed by atoms with van der Waals surface area (Å²) in [5.41, 5.74) is 0. The number of hydrogen-bond acceptors (Lipinski definition) is 3. The van der Waals surface area contributed by atoms with Crippen molar-refractivity contribution in [2.75, 3.05) is 13.1 Å². The molecule has 1 heterocycles. The summed E-state index contributed by atoms with van der Waals surface area (Å²) in [6, 6.07) is 0. The van der Waals surface area contributed by atoms with E-state index in [-0.39, 0.29) is 0 Å². The Morgan fingerprint density at radius 1 is 1.08 bits per heavy atom. The Labute approximate surface area is 77.6 Å². The molecule has 0 aromatic carbocycles. The molecular weight excluding hydrogens is 147 g/mol. The Balaban J connectivity index is 2.52. The Morgan fingerprint density at radius 2 is 1.58 bits per heavy atom. The lowest BCUT2D eigenvalue weighted by atomic mass is 9.57. The summed E-state index contributed by atoms with van der Waals surface area (Å²) in [4.78, 5) is 0. The molecule has 1 rings (SSSR count). The first kappa shape index (κ1) is 10.2. The van der Waals surface area contributed by atoms with Crippen LogP contribution in [0.2, 0.25) is 6.32 Å². The van der Waals surface area contributed by atoms with E-state index >= 15 is 0 Å². The summed E-state index contributed by atoms with van der Waals surface area (Å²) < 4.78 is 4.96. The molecule has 0 bridgehead atoms. The Morgan fingerprint density at radius 3 is 1.92 bits per heavy atom. The predicted molar refractivity (Wildman–Crippen MR) is 58.4 cm³/mol. The molecule has 3 nitrogen and oxygen atoms in total. The maximum atomic E-state index is 3.40. The lowest BCUT2D eigenvalue weighted by molar-refractivity contribution is 0.557. The molecule has 0 saturated carbocycles. The molecule has 1 N–H and O–H groups in total. The second-order valence-electron chi connectivity index (χ2n) is 3.27. The average molecular weight is 165 g/mol. The zero-order chi connectivity index (χ0) is 8.97. The second kappa shape index (κ2) is 4.95. The molecule has 6 heteroatoms. The van der Waals surface area contributed by atoms with E-state index in [1.807, 2.05) is 0 Å². The molecule has 0 atom stereocenters. The van der Waals surface area contributed by atoms with Crippen LogP contribution >= 0.6 is 0 Å². The molecule has 0 aromatic rings. The molecule has 66 valence electrons. The molecule has 0 aliphatic carbocycles. The van der Waals surface area contributed by atoms with Crippen LogP contribution in [0.3, 0.4) is 0 Å². The summed E-state index contributed by atoms with van der Waals surface area (Å²) in [6.45, 7) is 9.65. The number of hydrogen-bond donors (Lipinski definition) is 1. The quantitative estimate of drug-likeness (QED) is 0.556. The molecule has 1 fully saturated rings. The third kappa shape index (κ3) is 2.06. The van der Waals surface area contributed by atoms with Crippen LogP contribution < -0.4 is 5.14 Å². The van der Waals surface area contributed by atoms with Crippen molar-refractivity contribution >= 4 is 22.1 Å². The van der Waals surface area contributed by atoms with E-state index < -0.39 is 0 Å². The van der Waals surface area contributed by atoms with E-state index in [1.54, 1.807) is 0 Å². The van der Waals surface area contributed by atoms with Gasteiger partial charge in [-0.2, -0.15) is 0 Å². The van der Waals surface area contributed by atoms with Gasteiger partial charge in [0, 0.05) is 0 Å².